The van der Waals surface area contributed by atoms with Crippen molar-refractivity contribution < 1.29 is 33.4 Å². The molecule has 0 radical (unpaired) electrons. The molecule has 3 aliphatic rings. The Hall–Kier alpha value is -5.48. The number of alkyl carbamates (subject to hydrolysis) is 1. The number of ether oxygens (including phenoxy) is 3. The second kappa shape index (κ2) is 17.0. The van der Waals surface area contributed by atoms with Crippen molar-refractivity contribution in [3.63, 3.8) is 0 Å². The van der Waals surface area contributed by atoms with Crippen molar-refractivity contribution in [1.29, 1.82) is 0 Å². The van der Waals surface area contributed by atoms with Gasteiger partial charge in [0.2, 0.25) is 0 Å². The fourth-order valence-electron chi connectivity index (χ4n) is 6.65. The van der Waals surface area contributed by atoms with Gasteiger partial charge in [0.1, 0.15) is 31.4 Å². The maximum atomic E-state index is 13.2. The van der Waals surface area contributed by atoms with Crippen LogP contribution >= 0.6 is 0 Å². The van der Waals surface area contributed by atoms with E-state index in [0.717, 1.165) is 55.5 Å². The van der Waals surface area contributed by atoms with Crippen LogP contribution in [0.4, 0.5) is 4.79 Å². The number of aldehydes is 1. The van der Waals surface area contributed by atoms with Gasteiger partial charge in [0.25, 0.3) is 5.91 Å². The molecule has 2 amide bonds. The van der Waals surface area contributed by atoms with E-state index in [1.807, 2.05) is 73.7 Å². The summed E-state index contributed by atoms with van der Waals surface area (Å²) in [6.07, 6.45) is 2.34. The molecule has 2 bridgehead atoms. The molecule has 1 N–H and O–H groups in total. The van der Waals surface area contributed by atoms with Crippen LogP contribution in [0.25, 0.3) is 0 Å². The van der Waals surface area contributed by atoms with E-state index in [2.05, 4.69) is 10.2 Å². The van der Waals surface area contributed by atoms with Gasteiger partial charge in [0.05, 0.1) is 18.2 Å². The molecule has 51 heavy (non-hydrogen) atoms. The minimum absolute atomic E-state index is 0.0439. The SMILES string of the molecule is CCN(CCOC(=O)c1ccc(COc2cccc(C(NC(=O)O[C@H]3CN4CCC3CC4)c3ccccc3)c2)cc1)C(=O)c1ccc(C=O)cc1. The number of hydrogen-bond donors (Lipinski definition) is 1. The molecule has 1 unspecified atom stereocenters. The van der Waals surface area contributed by atoms with E-state index < -0.39 is 18.1 Å². The molecule has 4 aromatic carbocycles. The number of benzene rings is 4. The Bertz CT molecular complexity index is 1790. The highest BCUT2D eigenvalue weighted by molar-refractivity contribution is 5.95. The monoisotopic (exact) mass is 689 g/mol. The lowest BCUT2D eigenvalue weighted by molar-refractivity contribution is -0.0336. The van der Waals surface area contributed by atoms with Gasteiger partial charge in [-0.05, 0) is 91.9 Å². The van der Waals surface area contributed by atoms with Crippen molar-refractivity contribution in [2.45, 2.75) is 38.5 Å². The highest BCUT2D eigenvalue weighted by atomic mass is 16.6. The number of hydrogen-bond acceptors (Lipinski definition) is 8. The molecule has 264 valence electrons. The highest BCUT2D eigenvalue weighted by Gasteiger charge is 2.37. The first-order chi connectivity index (χ1) is 24.9. The van der Waals surface area contributed by atoms with Gasteiger partial charge in [-0.25, -0.2) is 9.59 Å². The summed E-state index contributed by atoms with van der Waals surface area (Å²) in [7, 11) is 0. The average molecular weight is 690 g/mol. The van der Waals surface area contributed by atoms with Crippen LogP contribution in [-0.2, 0) is 16.1 Å². The number of carbonyl (C=O) groups is 4. The van der Waals surface area contributed by atoms with Crippen LogP contribution in [0.2, 0.25) is 0 Å². The fourth-order valence-corrected chi connectivity index (χ4v) is 6.65. The normalized spacial score (nSPS) is 18.3. The summed E-state index contributed by atoms with van der Waals surface area (Å²) in [5, 5.41) is 3.11. The summed E-state index contributed by atoms with van der Waals surface area (Å²) in [5.41, 5.74) is 4.00. The molecule has 0 aliphatic carbocycles. The Kier molecular flexibility index (Phi) is 11.8. The summed E-state index contributed by atoms with van der Waals surface area (Å²) in [6.45, 7) is 5.79. The van der Waals surface area contributed by atoms with E-state index >= 15 is 0 Å². The van der Waals surface area contributed by atoms with Crippen LogP contribution < -0.4 is 10.1 Å². The third-order valence-corrected chi connectivity index (χ3v) is 9.59. The number of nitrogens with one attached hydrogen (secondary N) is 1. The van der Waals surface area contributed by atoms with E-state index in [9.17, 15) is 19.2 Å². The number of fused-ring (bicyclic) bond motifs is 3. The van der Waals surface area contributed by atoms with Crippen LogP contribution in [0.3, 0.4) is 0 Å². The van der Waals surface area contributed by atoms with Gasteiger partial charge in [0, 0.05) is 24.2 Å². The molecule has 0 spiro atoms. The zero-order valence-electron chi connectivity index (χ0n) is 28.7. The first-order valence-corrected chi connectivity index (χ1v) is 17.5. The number of carbonyl (C=O) groups excluding carboxylic acids is 4. The van der Waals surface area contributed by atoms with Gasteiger partial charge in [-0.3, -0.25) is 14.5 Å². The van der Waals surface area contributed by atoms with Crippen LogP contribution in [0, 0.1) is 5.92 Å². The van der Waals surface area contributed by atoms with Crippen molar-refractivity contribution in [2.75, 3.05) is 39.3 Å². The van der Waals surface area contributed by atoms with Gasteiger partial charge in [0.15, 0.2) is 0 Å². The second-order valence-corrected chi connectivity index (χ2v) is 12.9. The molecular weight excluding hydrogens is 646 g/mol. The lowest BCUT2D eigenvalue weighted by Crippen LogP contribution is -2.52. The van der Waals surface area contributed by atoms with E-state index in [1.54, 1.807) is 41.3 Å². The highest BCUT2D eigenvalue weighted by Crippen LogP contribution is 2.31. The van der Waals surface area contributed by atoms with Crippen molar-refractivity contribution in [3.05, 3.63) is 137 Å². The van der Waals surface area contributed by atoms with E-state index in [4.69, 9.17) is 14.2 Å². The molecule has 10 heteroatoms. The van der Waals surface area contributed by atoms with Crippen LogP contribution in [0.15, 0.2) is 103 Å². The zero-order valence-corrected chi connectivity index (χ0v) is 28.7. The summed E-state index contributed by atoms with van der Waals surface area (Å²) in [5.74, 6) is 0.372. The number of piperidine rings is 3. The molecule has 2 atom stereocenters. The van der Waals surface area contributed by atoms with Gasteiger partial charge >= 0.3 is 12.1 Å². The molecule has 10 nitrogen and oxygen atoms in total. The van der Waals surface area contributed by atoms with Crippen LogP contribution in [0.5, 0.6) is 5.75 Å². The Morgan fingerprint density at radius 1 is 0.882 bits per heavy atom. The van der Waals surface area contributed by atoms with Gasteiger partial charge in [-0.2, -0.15) is 0 Å². The van der Waals surface area contributed by atoms with Gasteiger partial charge in [-0.1, -0.05) is 66.7 Å². The van der Waals surface area contributed by atoms with Gasteiger partial charge < -0.3 is 24.4 Å². The predicted molar refractivity (Wildman–Crippen MR) is 192 cm³/mol. The number of esters is 1. The van der Waals surface area contributed by atoms with Crippen molar-refractivity contribution in [3.8, 4) is 5.75 Å². The first-order valence-electron chi connectivity index (χ1n) is 17.5. The summed E-state index contributed by atoms with van der Waals surface area (Å²) in [6, 6.07) is 30.4. The summed E-state index contributed by atoms with van der Waals surface area (Å²) < 4.78 is 17.5. The zero-order chi connectivity index (χ0) is 35.6. The van der Waals surface area contributed by atoms with Crippen molar-refractivity contribution >= 4 is 24.3 Å². The van der Waals surface area contributed by atoms with Crippen LogP contribution in [0.1, 0.15) is 73.6 Å². The smallest absolute Gasteiger partial charge is 0.408 e. The van der Waals surface area contributed by atoms with Crippen molar-refractivity contribution in [2.24, 2.45) is 5.92 Å². The molecule has 0 saturated carbocycles. The number of rotatable bonds is 14. The second-order valence-electron chi connectivity index (χ2n) is 12.9. The topological polar surface area (TPSA) is 114 Å². The Morgan fingerprint density at radius 2 is 1.59 bits per heavy atom. The Balaban J connectivity index is 1.01. The third kappa shape index (κ3) is 9.20. The largest absolute Gasteiger partial charge is 0.489 e. The molecule has 4 aromatic rings. The van der Waals surface area contributed by atoms with Crippen LogP contribution in [-0.4, -0.2) is 79.5 Å². The first kappa shape index (κ1) is 35.3. The summed E-state index contributed by atoms with van der Waals surface area (Å²) >= 11 is 0. The number of likely N-dealkylation sites (N-methyl/N-ethyl adjacent to an activating group) is 1. The van der Waals surface area contributed by atoms with E-state index in [1.165, 1.54) is 0 Å². The molecule has 3 fully saturated rings. The molecular formula is C41H43N3O7. The molecule has 3 aliphatic heterocycles. The quantitative estimate of drug-likeness (QED) is 0.121. The average Bonchev–Trinajstić information content (AvgIpc) is 3.18. The third-order valence-electron chi connectivity index (χ3n) is 9.59. The fraction of sp³-hybridized carbons (Fsp3) is 0.317. The molecule has 7 rings (SSSR count). The lowest BCUT2D eigenvalue weighted by atomic mass is 9.86. The Labute approximate surface area is 298 Å². The standard InChI is InChI=1S/C41H43N3O7/c1-2-44(39(46)33-15-11-29(27-45)12-16-33)23-24-49-40(47)34-17-13-30(14-18-34)28-50-36-10-6-9-35(25-36)38(32-7-4-3-5-8-32)42-41(48)51-37-26-43-21-19-31(37)20-22-43/h3-18,25,27,31,37-38H,2,19-24,26,28H2,1H3,(H,42,48)/t37-,38?/m0/s1. The Morgan fingerprint density at radius 3 is 2.25 bits per heavy atom. The van der Waals surface area contributed by atoms with E-state index in [0.29, 0.717) is 34.9 Å². The lowest BCUT2D eigenvalue weighted by Gasteiger charge is -2.43. The van der Waals surface area contributed by atoms with E-state index in [-0.39, 0.29) is 31.8 Å². The summed E-state index contributed by atoms with van der Waals surface area (Å²) in [4.78, 5) is 53.6. The van der Waals surface area contributed by atoms with Crippen molar-refractivity contribution in [1.82, 2.24) is 15.1 Å². The molecule has 3 saturated heterocycles. The molecule has 0 aromatic heterocycles. The minimum atomic E-state index is -0.486. The molecule has 3 heterocycles. The maximum absolute atomic E-state index is 13.2. The minimum Gasteiger partial charge on any atom is -0.489 e. The number of nitrogens with zero attached hydrogens (tertiary/aromatic N) is 2. The van der Waals surface area contributed by atoms with Gasteiger partial charge in [-0.15, -0.1) is 0 Å². The predicted octanol–water partition coefficient (Wildman–Crippen LogP) is 6.31. The number of amides is 2. The maximum Gasteiger partial charge on any atom is 0.408 e.